The van der Waals surface area contributed by atoms with Crippen LogP contribution in [0.5, 0.6) is 0 Å². The number of H-pyrrole nitrogens is 1. The molecule has 0 aromatic carbocycles. The van der Waals surface area contributed by atoms with Crippen LogP contribution < -0.4 is 11.0 Å². The summed E-state index contributed by atoms with van der Waals surface area (Å²) in [5.74, 6) is 3.21. The molecule has 2 aromatic rings. The molecule has 6 nitrogen and oxygen atoms in total. The van der Waals surface area contributed by atoms with Gasteiger partial charge in [0.05, 0.1) is 6.04 Å². The van der Waals surface area contributed by atoms with Gasteiger partial charge in [0.25, 0.3) is 0 Å². The molecule has 2 rings (SSSR count). The van der Waals surface area contributed by atoms with Gasteiger partial charge in [0.2, 0.25) is 0 Å². The van der Waals surface area contributed by atoms with Crippen molar-refractivity contribution in [2.75, 3.05) is 5.32 Å². The lowest BCUT2D eigenvalue weighted by molar-refractivity contribution is 0.746. The molecule has 0 bridgehead atoms. The summed E-state index contributed by atoms with van der Waals surface area (Å²) in [6.07, 6.45) is 7.24. The van der Waals surface area contributed by atoms with E-state index in [4.69, 9.17) is 6.42 Å². The average Bonchev–Trinajstić information content (AvgIpc) is 2.70. The molecule has 0 radical (unpaired) electrons. The Morgan fingerprint density at radius 3 is 3.18 bits per heavy atom. The zero-order chi connectivity index (χ0) is 12.3. The topological polar surface area (TPSA) is 75.1 Å². The molecule has 0 aliphatic rings. The zero-order valence-electron chi connectivity index (χ0n) is 9.47. The molecule has 6 heteroatoms. The second-order valence-corrected chi connectivity index (χ2v) is 3.67. The molecular weight excluding hydrogens is 218 g/mol. The molecule has 1 unspecified atom stereocenters. The molecular formula is C11H13N5O. The summed E-state index contributed by atoms with van der Waals surface area (Å²) in [6, 6.07) is 3.37. The highest BCUT2D eigenvalue weighted by Crippen LogP contribution is 2.07. The van der Waals surface area contributed by atoms with Crippen LogP contribution >= 0.6 is 0 Å². The zero-order valence-corrected chi connectivity index (χ0v) is 9.47. The molecule has 0 spiro atoms. The predicted octanol–water partition coefficient (Wildman–Crippen LogP) is 0.631. The first-order valence-corrected chi connectivity index (χ1v) is 5.41. The molecule has 2 N–H and O–H groups in total. The van der Waals surface area contributed by atoms with E-state index in [-0.39, 0.29) is 11.7 Å². The highest BCUT2D eigenvalue weighted by molar-refractivity contribution is 5.44. The lowest BCUT2D eigenvalue weighted by Gasteiger charge is -2.11. The van der Waals surface area contributed by atoms with Crippen LogP contribution in [-0.2, 0) is 0 Å². The van der Waals surface area contributed by atoms with Gasteiger partial charge in [0.1, 0.15) is 5.82 Å². The van der Waals surface area contributed by atoms with Crippen LogP contribution in [0.25, 0.3) is 5.65 Å². The summed E-state index contributed by atoms with van der Waals surface area (Å²) in [7, 11) is 0. The number of fused-ring (bicyclic) bond motifs is 1. The average molecular weight is 231 g/mol. The number of anilines is 1. The summed E-state index contributed by atoms with van der Waals surface area (Å²) < 4.78 is 1.20. The Bertz CT molecular complexity index is 606. The van der Waals surface area contributed by atoms with Crippen molar-refractivity contribution in [2.24, 2.45) is 0 Å². The fourth-order valence-corrected chi connectivity index (χ4v) is 1.54. The molecule has 0 aliphatic heterocycles. The maximum Gasteiger partial charge on any atom is 0.364 e. The first kappa shape index (κ1) is 11.2. The summed E-state index contributed by atoms with van der Waals surface area (Å²) in [5, 5.41) is 13.3. The Kier molecular flexibility index (Phi) is 3.10. The molecule has 1 atom stereocenters. The third-order valence-corrected chi connectivity index (χ3v) is 2.37. The van der Waals surface area contributed by atoms with Crippen molar-refractivity contribution in [1.29, 1.82) is 0 Å². The smallest absolute Gasteiger partial charge is 0.355 e. The minimum Gasteiger partial charge on any atom is -0.355 e. The molecule has 2 heterocycles. The van der Waals surface area contributed by atoms with E-state index >= 15 is 0 Å². The van der Waals surface area contributed by atoms with Crippen LogP contribution in [0, 0.1) is 12.3 Å². The minimum absolute atomic E-state index is 0.0763. The quantitative estimate of drug-likeness (QED) is 0.757. The Hall–Kier alpha value is -2.29. The van der Waals surface area contributed by atoms with Crippen LogP contribution in [0.3, 0.4) is 0 Å². The van der Waals surface area contributed by atoms with E-state index in [1.165, 1.54) is 4.52 Å². The van der Waals surface area contributed by atoms with Gasteiger partial charge in [-0.15, -0.1) is 11.5 Å². The monoisotopic (exact) mass is 231 g/mol. The molecule has 17 heavy (non-hydrogen) atoms. The molecule has 0 saturated carbocycles. The van der Waals surface area contributed by atoms with Crippen molar-refractivity contribution in [1.82, 2.24) is 19.8 Å². The van der Waals surface area contributed by atoms with E-state index in [0.29, 0.717) is 11.5 Å². The number of hydrogen-bond donors (Lipinski definition) is 2. The first-order chi connectivity index (χ1) is 8.24. The van der Waals surface area contributed by atoms with Gasteiger partial charge in [-0.3, -0.25) is 0 Å². The summed E-state index contributed by atoms with van der Waals surface area (Å²) in [4.78, 5) is 11.3. The maximum atomic E-state index is 11.3. The Balaban J connectivity index is 2.27. The highest BCUT2D eigenvalue weighted by atomic mass is 16.2. The third-order valence-electron chi connectivity index (χ3n) is 2.37. The Morgan fingerprint density at radius 1 is 1.65 bits per heavy atom. The fraction of sp³-hybridized carbons (Fsp3) is 0.364. The van der Waals surface area contributed by atoms with Gasteiger partial charge in [-0.2, -0.15) is 9.61 Å². The van der Waals surface area contributed by atoms with Crippen molar-refractivity contribution >= 4 is 11.5 Å². The second kappa shape index (κ2) is 4.70. The number of aromatic nitrogens is 4. The van der Waals surface area contributed by atoms with E-state index in [1.54, 1.807) is 12.1 Å². The van der Waals surface area contributed by atoms with Crippen LogP contribution in [0.4, 0.5) is 5.82 Å². The van der Waals surface area contributed by atoms with Crippen LogP contribution in [0.15, 0.2) is 16.9 Å². The number of terminal acetylenes is 1. The Labute approximate surface area is 98.0 Å². The maximum absolute atomic E-state index is 11.3. The van der Waals surface area contributed by atoms with Gasteiger partial charge in [0, 0.05) is 0 Å². The lowest BCUT2D eigenvalue weighted by atomic mass is 10.2. The molecule has 88 valence electrons. The van der Waals surface area contributed by atoms with Gasteiger partial charge in [-0.05, 0) is 18.6 Å². The van der Waals surface area contributed by atoms with E-state index in [9.17, 15) is 4.79 Å². The van der Waals surface area contributed by atoms with E-state index in [0.717, 1.165) is 12.8 Å². The molecule has 0 saturated heterocycles. The molecule has 0 amide bonds. The molecule has 0 aliphatic carbocycles. The lowest BCUT2D eigenvalue weighted by Crippen LogP contribution is -2.20. The first-order valence-electron chi connectivity index (χ1n) is 5.41. The highest BCUT2D eigenvalue weighted by Gasteiger charge is 2.06. The third kappa shape index (κ3) is 2.28. The van der Waals surface area contributed by atoms with Crippen LogP contribution in [-0.4, -0.2) is 25.9 Å². The normalized spacial score (nSPS) is 12.2. The largest absolute Gasteiger partial charge is 0.364 e. The van der Waals surface area contributed by atoms with Crippen LogP contribution in [0.2, 0.25) is 0 Å². The van der Waals surface area contributed by atoms with E-state index < -0.39 is 0 Å². The van der Waals surface area contributed by atoms with Crippen molar-refractivity contribution < 1.29 is 0 Å². The van der Waals surface area contributed by atoms with Crippen LogP contribution in [0.1, 0.15) is 19.8 Å². The van der Waals surface area contributed by atoms with E-state index in [1.807, 2.05) is 0 Å². The number of nitrogens with one attached hydrogen (secondary N) is 2. The van der Waals surface area contributed by atoms with Gasteiger partial charge in [0.15, 0.2) is 5.65 Å². The van der Waals surface area contributed by atoms with Gasteiger partial charge >= 0.3 is 5.69 Å². The SMILES string of the molecule is C#CC(CCC)Nc1ccc2n[nH]c(=O)n2n1. The predicted molar refractivity (Wildman–Crippen MR) is 64.8 cm³/mol. The van der Waals surface area contributed by atoms with Gasteiger partial charge in [-0.1, -0.05) is 19.3 Å². The molecule has 0 fully saturated rings. The van der Waals surface area contributed by atoms with Crippen molar-refractivity contribution in [3.8, 4) is 12.3 Å². The second-order valence-electron chi connectivity index (χ2n) is 3.67. The number of nitrogens with zero attached hydrogens (tertiary/aromatic N) is 3. The minimum atomic E-state index is -0.364. The summed E-state index contributed by atoms with van der Waals surface area (Å²) >= 11 is 0. The van der Waals surface area contributed by atoms with Gasteiger partial charge in [-0.25, -0.2) is 9.89 Å². The number of aromatic amines is 1. The van der Waals surface area contributed by atoms with Crippen molar-refractivity contribution in [3.63, 3.8) is 0 Å². The number of hydrogen-bond acceptors (Lipinski definition) is 4. The van der Waals surface area contributed by atoms with E-state index in [2.05, 4.69) is 33.5 Å². The summed E-state index contributed by atoms with van der Waals surface area (Å²) in [5.41, 5.74) is 0.115. The number of rotatable bonds is 4. The van der Waals surface area contributed by atoms with Crippen molar-refractivity contribution in [3.05, 3.63) is 22.6 Å². The standard InChI is InChI=1S/C11H13N5O/c1-3-5-8(4-2)12-9-6-7-10-13-14-11(17)16(10)15-9/h2,6-8H,3,5H2,1H3,(H,12,15)(H,14,17). The van der Waals surface area contributed by atoms with Gasteiger partial charge < -0.3 is 5.32 Å². The Morgan fingerprint density at radius 2 is 2.47 bits per heavy atom. The fourth-order valence-electron chi connectivity index (χ4n) is 1.54. The van der Waals surface area contributed by atoms with Crippen molar-refractivity contribution in [2.45, 2.75) is 25.8 Å². The summed E-state index contributed by atoms with van der Waals surface area (Å²) in [6.45, 7) is 2.06. The molecule has 2 aromatic heterocycles.